The third-order valence-corrected chi connectivity index (χ3v) is 2.98. The van der Waals surface area contributed by atoms with Gasteiger partial charge in [0.2, 0.25) is 11.8 Å². The van der Waals surface area contributed by atoms with Gasteiger partial charge in [0.25, 0.3) is 0 Å². The van der Waals surface area contributed by atoms with E-state index >= 15 is 0 Å². The standard InChI is InChI=1S/C13H16ClN3O/c1-3-12-15-16-13(18-12)9-17(2)8-10-6-4-5-7-11(10)14/h4-7H,3,8-9H2,1-2H3. The van der Waals surface area contributed by atoms with Crippen molar-refractivity contribution in [3.8, 4) is 0 Å². The highest BCUT2D eigenvalue weighted by Gasteiger charge is 2.09. The van der Waals surface area contributed by atoms with Crippen molar-refractivity contribution in [2.75, 3.05) is 7.05 Å². The fourth-order valence-corrected chi connectivity index (χ4v) is 1.89. The normalized spacial score (nSPS) is 11.1. The van der Waals surface area contributed by atoms with Gasteiger partial charge in [-0.3, -0.25) is 4.90 Å². The van der Waals surface area contributed by atoms with E-state index in [1.807, 2.05) is 38.2 Å². The minimum Gasteiger partial charge on any atom is -0.424 e. The van der Waals surface area contributed by atoms with E-state index < -0.39 is 0 Å². The van der Waals surface area contributed by atoms with Crippen molar-refractivity contribution < 1.29 is 4.42 Å². The summed E-state index contributed by atoms with van der Waals surface area (Å²) < 4.78 is 5.47. The molecule has 0 radical (unpaired) electrons. The number of halogens is 1. The zero-order valence-electron chi connectivity index (χ0n) is 10.6. The fraction of sp³-hybridized carbons (Fsp3) is 0.385. The molecular weight excluding hydrogens is 250 g/mol. The number of nitrogens with zero attached hydrogens (tertiary/aromatic N) is 3. The highest BCUT2D eigenvalue weighted by molar-refractivity contribution is 6.31. The fourth-order valence-electron chi connectivity index (χ4n) is 1.70. The van der Waals surface area contributed by atoms with Crippen molar-refractivity contribution in [1.29, 1.82) is 0 Å². The predicted molar refractivity (Wildman–Crippen MR) is 70.3 cm³/mol. The molecule has 0 amide bonds. The zero-order chi connectivity index (χ0) is 13.0. The molecule has 0 unspecified atom stereocenters. The van der Waals surface area contributed by atoms with Gasteiger partial charge in [-0.2, -0.15) is 0 Å². The van der Waals surface area contributed by atoms with E-state index in [1.165, 1.54) is 0 Å². The highest BCUT2D eigenvalue weighted by Crippen LogP contribution is 2.17. The predicted octanol–water partition coefficient (Wildman–Crippen LogP) is 2.92. The van der Waals surface area contributed by atoms with Crippen LogP contribution in [-0.2, 0) is 19.5 Å². The van der Waals surface area contributed by atoms with Gasteiger partial charge in [-0.15, -0.1) is 10.2 Å². The monoisotopic (exact) mass is 265 g/mol. The SMILES string of the molecule is CCc1nnc(CN(C)Cc2ccccc2Cl)o1. The molecule has 0 saturated carbocycles. The van der Waals surface area contributed by atoms with Gasteiger partial charge >= 0.3 is 0 Å². The van der Waals surface area contributed by atoms with E-state index in [-0.39, 0.29) is 0 Å². The maximum Gasteiger partial charge on any atom is 0.230 e. The molecule has 0 atom stereocenters. The maximum atomic E-state index is 6.12. The molecule has 0 aliphatic rings. The molecule has 0 aliphatic carbocycles. The Labute approximate surface area is 112 Å². The van der Waals surface area contributed by atoms with Gasteiger partial charge in [0.05, 0.1) is 6.54 Å². The lowest BCUT2D eigenvalue weighted by molar-refractivity contribution is 0.277. The Kier molecular flexibility index (Phi) is 4.33. The first-order chi connectivity index (χ1) is 8.69. The molecule has 0 fully saturated rings. The number of hydrogen-bond donors (Lipinski definition) is 0. The quantitative estimate of drug-likeness (QED) is 0.834. The molecule has 1 aromatic carbocycles. The molecule has 0 saturated heterocycles. The van der Waals surface area contributed by atoms with Crippen LogP contribution < -0.4 is 0 Å². The molecule has 1 aromatic heterocycles. The van der Waals surface area contributed by atoms with Crippen molar-refractivity contribution in [2.45, 2.75) is 26.4 Å². The van der Waals surface area contributed by atoms with Crippen LogP contribution in [0.3, 0.4) is 0 Å². The summed E-state index contributed by atoms with van der Waals surface area (Å²) in [5.74, 6) is 1.32. The maximum absolute atomic E-state index is 6.12. The van der Waals surface area contributed by atoms with Gasteiger partial charge in [0.1, 0.15) is 0 Å². The van der Waals surface area contributed by atoms with E-state index in [4.69, 9.17) is 16.0 Å². The Morgan fingerprint density at radius 1 is 1.17 bits per heavy atom. The summed E-state index contributed by atoms with van der Waals surface area (Å²) in [7, 11) is 2.00. The van der Waals surface area contributed by atoms with Crippen molar-refractivity contribution in [1.82, 2.24) is 15.1 Å². The summed E-state index contributed by atoms with van der Waals surface area (Å²) in [6, 6.07) is 7.82. The van der Waals surface area contributed by atoms with Crippen LogP contribution in [-0.4, -0.2) is 22.1 Å². The number of benzene rings is 1. The Bertz CT molecular complexity index is 512. The second kappa shape index (κ2) is 5.98. The van der Waals surface area contributed by atoms with Gasteiger partial charge in [-0.25, -0.2) is 0 Å². The van der Waals surface area contributed by atoms with E-state index in [2.05, 4.69) is 15.1 Å². The van der Waals surface area contributed by atoms with Crippen LogP contribution in [0.1, 0.15) is 24.3 Å². The van der Waals surface area contributed by atoms with Crippen LogP contribution in [0.25, 0.3) is 0 Å². The lowest BCUT2D eigenvalue weighted by Gasteiger charge is -2.15. The second-order valence-corrected chi connectivity index (χ2v) is 4.61. The molecule has 0 spiro atoms. The van der Waals surface area contributed by atoms with Crippen LogP contribution in [0.4, 0.5) is 0 Å². The number of aromatic nitrogens is 2. The van der Waals surface area contributed by atoms with Gasteiger partial charge in [-0.1, -0.05) is 36.7 Å². The minimum absolute atomic E-state index is 0.623. The summed E-state index contributed by atoms with van der Waals surface area (Å²) in [6.07, 6.45) is 0.765. The van der Waals surface area contributed by atoms with E-state index in [0.717, 1.165) is 23.6 Å². The Morgan fingerprint density at radius 2 is 1.89 bits per heavy atom. The second-order valence-electron chi connectivity index (χ2n) is 4.21. The molecule has 2 aromatic rings. The molecular formula is C13H16ClN3O. The molecule has 96 valence electrons. The van der Waals surface area contributed by atoms with Gasteiger partial charge in [0, 0.05) is 18.0 Å². The van der Waals surface area contributed by atoms with Crippen LogP contribution in [0, 0.1) is 0 Å². The summed E-state index contributed by atoms with van der Waals surface area (Å²) in [5.41, 5.74) is 1.09. The van der Waals surface area contributed by atoms with E-state index in [9.17, 15) is 0 Å². The average molecular weight is 266 g/mol. The topological polar surface area (TPSA) is 42.2 Å². The molecule has 5 heteroatoms. The number of rotatable bonds is 5. The summed E-state index contributed by atoms with van der Waals surface area (Å²) in [4.78, 5) is 2.09. The molecule has 4 nitrogen and oxygen atoms in total. The largest absolute Gasteiger partial charge is 0.424 e. The van der Waals surface area contributed by atoms with Gasteiger partial charge < -0.3 is 4.42 Å². The number of hydrogen-bond acceptors (Lipinski definition) is 4. The Balaban J connectivity index is 1.96. The van der Waals surface area contributed by atoms with Crippen LogP contribution in [0.5, 0.6) is 0 Å². The van der Waals surface area contributed by atoms with Crippen molar-refractivity contribution in [2.24, 2.45) is 0 Å². The lowest BCUT2D eigenvalue weighted by atomic mass is 10.2. The first kappa shape index (κ1) is 13.1. The molecule has 0 bridgehead atoms. The van der Waals surface area contributed by atoms with Crippen molar-refractivity contribution >= 4 is 11.6 Å². The first-order valence-corrected chi connectivity index (χ1v) is 6.30. The summed E-state index contributed by atoms with van der Waals surface area (Å²) >= 11 is 6.12. The summed E-state index contributed by atoms with van der Waals surface area (Å²) in [5, 5.41) is 8.72. The average Bonchev–Trinajstić information content (AvgIpc) is 2.80. The smallest absolute Gasteiger partial charge is 0.230 e. The summed E-state index contributed by atoms with van der Waals surface area (Å²) in [6.45, 7) is 3.37. The van der Waals surface area contributed by atoms with Crippen LogP contribution in [0.2, 0.25) is 5.02 Å². The Hall–Kier alpha value is -1.39. The van der Waals surface area contributed by atoms with Gasteiger partial charge in [0.15, 0.2) is 0 Å². The van der Waals surface area contributed by atoms with E-state index in [0.29, 0.717) is 18.3 Å². The van der Waals surface area contributed by atoms with Crippen LogP contribution in [0.15, 0.2) is 28.7 Å². The molecule has 18 heavy (non-hydrogen) atoms. The molecule has 0 N–H and O–H groups in total. The molecule has 1 heterocycles. The van der Waals surface area contributed by atoms with Crippen molar-refractivity contribution in [3.63, 3.8) is 0 Å². The first-order valence-electron chi connectivity index (χ1n) is 5.92. The lowest BCUT2D eigenvalue weighted by Crippen LogP contribution is -2.17. The van der Waals surface area contributed by atoms with E-state index in [1.54, 1.807) is 0 Å². The third-order valence-electron chi connectivity index (χ3n) is 2.61. The van der Waals surface area contributed by atoms with Crippen molar-refractivity contribution in [3.05, 3.63) is 46.6 Å². The Morgan fingerprint density at radius 3 is 2.56 bits per heavy atom. The highest BCUT2D eigenvalue weighted by atomic mass is 35.5. The molecule has 2 rings (SSSR count). The minimum atomic E-state index is 0.623. The van der Waals surface area contributed by atoms with Gasteiger partial charge in [-0.05, 0) is 18.7 Å². The number of aryl methyl sites for hydroxylation is 1. The van der Waals surface area contributed by atoms with Crippen LogP contribution >= 0.6 is 11.6 Å². The third kappa shape index (κ3) is 3.31. The molecule has 0 aliphatic heterocycles. The zero-order valence-corrected chi connectivity index (χ0v) is 11.3.